The third kappa shape index (κ3) is 3.11. The van der Waals surface area contributed by atoms with Gasteiger partial charge in [-0.05, 0) is 6.42 Å². The van der Waals surface area contributed by atoms with Crippen LogP contribution in [-0.4, -0.2) is 23.3 Å². The first kappa shape index (κ1) is 10.6. The molecule has 0 spiro atoms. The van der Waals surface area contributed by atoms with E-state index >= 15 is 0 Å². The number of rotatable bonds is 4. The van der Waals surface area contributed by atoms with Gasteiger partial charge in [0.25, 0.3) is 11.1 Å². The topological polar surface area (TPSA) is 77.4 Å². The highest BCUT2D eigenvalue weighted by atomic mass is 33.6. The molecule has 0 fully saturated rings. The molecule has 0 aliphatic carbocycles. The molecular formula is C3H8O4S3. The first-order chi connectivity index (χ1) is 4.54. The van der Waals surface area contributed by atoms with Crippen molar-refractivity contribution >= 4 is 29.2 Å². The van der Waals surface area contributed by atoms with Gasteiger partial charge in [0, 0.05) is 0 Å². The van der Waals surface area contributed by atoms with Crippen LogP contribution >= 0.6 is 11.1 Å². The van der Waals surface area contributed by atoms with E-state index in [2.05, 4.69) is 0 Å². The lowest BCUT2D eigenvalue weighted by Crippen LogP contribution is -2.14. The van der Waals surface area contributed by atoms with E-state index in [1.54, 1.807) is 6.92 Å². The number of hydrogen-bond acceptors (Lipinski definition) is 5. The fraction of sp³-hybridized carbons (Fsp3) is 1.00. The van der Waals surface area contributed by atoms with Gasteiger partial charge in [0.1, 0.15) is 0 Å². The summed E-state index contributed by atoms with van der Waals surface area (Å²) in [6.07, 6.45) is 0.411. The maximum Gasteiger partial charge on any atom is 0.327 e. The lowest BCUT2D eigenvalue weighted by Gasteiger charge is -2.01. The van der Waals surface area contributed by atoms with E-state index < -0.39 is 18.1 Å². The first-order valence-corrected chi connectivity index (χ1v) is 7.12. The summed E-state index contributed by atoms with van der Waals surface area (Å²) in [6, 6.07) is 0. The van der Waals surface area contributed by atoms with Gasteiger partial charge in [-0.25, -0.2) is 0 Å². The van der Waals surface area contributed by atoms with Crippen LogP contribution in [0.4, 0.5) is 0 Å². The molecule has 7 heteroatoms. The zero-order valence-corrected chi connectivity index (χ0v) is 7.76. The van der Waals surface area contributed by atoms with Gasteiger partial charge in [-0.1, -0.05) is 6.92 Å². The van der Waals surface area contributed by atoms with Crippen LogP contribution in [0.15, 0.2) is 0 Å². The van der Waals surface area contributed by atoms with Crippen molar-refractivity contribution in [3.05, 3.63) is 0 Å². The van der Waals surface area contributed by atoms with Crippen molar-refractivity contribution in [2.75, 3.05) is 5.75 Å². The van der Waals surface area contributed by atoms with Gasteiger partial charge < -0.3 is 4.55 Å². The lowest BCUT2D eigenvalue weighted by atomic mass is 10.6. The average molecular weight is 204 g/mol. The minimum atomic E-state index is -3.58. The van der Waals surface area contributed by atoms with Gasteiger partial charge in [-0.2, -0.15) is 8.42 Å². The molecule has 62 valence electrons. The van der Waals surface area contributed by atoms with Gasteiger partial charge in [0.2, 0.25) is 0 Å². The SMILES string of the molecule is CCCS(=O)(=O)[S+]([O-])SO. The van der Waals surface area contributed by atoms with E-state index in [0.717, 1.165) is 0 Å². The molecule has 0 aromatic rings. The van der Waals surface area contributed by atoms with Crippen LogP contribution in [0.25, 0.3) is 0 Å². The molecule has 1 N–H and O–H groups in total. The van der Waals surface area contributed by atoms with E-state index in [-0.39, 0.29) is 16.8 Å². The molecule has 0 bridgehead atoms. The quantitative estimate of drug-likeness (QED) is 0.412. The maximum atomic E-state index is 10.7. The summed E-state index contributed by atoms with van der Waals surface area (Å²) >= 11 is -0.144. The highest BCUT2D eigenvalue weighted by Crippen LogP contribution is 2.16. The van der Waals surface area contributed by atoms with Crippen molar-refractivity contribution in [3.63, 3.8) is 0 Å². The summed E-state index contributed by atoms with van der Waals surface area (Å²) in [4.78, 5) is 0. The minimum absolute atomic E-state index is 0.144. The maximum absolute atomic E-state index is 10.7. The molecule has 0 saturated carbocycles. The molecule has 1 atom stereocenters. The van der Waals surface area contributed by atoms with Crippen LogP contribution in [0.5, 0.6) is 0 Å². The van der Waals surface area contributed by atoms with Gasteiger partial charge >= 0.3 is 8.87 Å². The fourth-order valence-corrected chi connectivity index (χ4v) is 3.73. The third-order valence-corrected chi connectivity index (χ3v) is 6.69. The van der Waals surface area contributed by atoms with Gasteiger partial charge in [-0.3, -0.25) is 4.55 Å². The molecule has 0 radical (unpaired) electrons. The fourth-order valence-electron chi connectivity index (χ4n) is 0.364. The molecule has 0 heterocycles. The van der Waals surface area contributed by atoms with Gasteiger partial charge in [0.05, 0.1) is 5.75 Å². The molecule has 0 aliphatic heterocycles. The lowest BCUT2D eigenvalue weighted by molar-refractivity contribution is 0.586. The van der Waals surface area contributed by atoms with Crippen LogP contribution < -0.4 is 0 Å². The standard InChI is InChI=1S/C3H8O4S3/c1-2-3-10(6,7)9(5)8-4/h4H,2-3H2,1H3. The Bertz CT molecular complexity index is 174. The van der Waals surface area contributed by atoms with Crippen molar-refractivity contribution in [3.8, 4) is 0 Å². The molecule has 10 heavy (non-hydrogen) atoms. The minimum Gasteiger partial charge on any atom is -0.588 e. The monoisotopic (exact) mass is 204 g/mol. The molecule has 0 aromatic heterocycles. The van der Waals surface area contributed by atoms with E-state index in [0.29, 0.717) is 6.42 Å². The second-order valence-corrected chi connectivity index (χ2v) is 8.04. The number of hydrogen-bond donors (Lipinski definition) is 1. The summed E-state index contributed by atoms with van der Waals surface area (Å²) in [5.74, 6) is -0.146. The molecule has 0 amide bonds. The molecule has 1 unspecified atom stereocenters. The van der Waals surface area contributed by atoms with Crippen LogP contribution in [-0.2, 0) is 18.1 Å². The Labute approximate surface area is 66.1 Å². The summed E-state index contributed by atoms with van der Waals surface area (Å²) in [7, 11) is -5.77. The molecule has 0 saturated heterocycles. The van der Waals surface area contributed by atoms with Crippen LogP contribution in [0.3, 0.4) is 0 Å². The predicted molar refractivity (Wildman–Crippen MR) is 42.4 cm³/mol. The highest BCUT2D eigenvalue weighted by Gasteiger charge is 2.26. The summed E-state index contributed by atoms with van der Waals surface area (Å²) in [6.45, 7) is 1.66. The summed E-state index contributed by atoms with van der Waals surface area (Å²) in [5.41, 5.74) is 0. The van der Waals surface area contributed by atoms with Crippen molar-refractivity contribution in [2.24, 2.45) is 0 Å². The largest absolute Gasteiger partial charge is 0.588 e. The average Bonchev–Trinajstić information content (AvgIpc) is 1.86. The Morgan fingerprint density at radius 3 is 2.50 bits per heavy atom. The Balaban J connectivity index is 4.12. The summed E-state index contributed by atoms with van der Waals surface area (Å²) < 4.78 is 40.0. The zero-order valence-electron chi connectivity index (χ0n) is 5.31. The Morgan fingerprint density at radius 2 is 2.20 bits per heavy atom. The second-order valence-electron chi connectivity index (χ2n) is 1.54. The third-order valence-electron chi connectivity index (χ3n) is 0.722. The van der Waals surface area contributed by atoms with E-state index in [4.69, 9.17) is 4.55 Å². The van der Waals surface area contributed by atoms with Crippen LogP contribution in [0.1, 0.15) is 13.3 Å². The smallest absolute Gasteiger partial charge is 0.327 e. The van der Waals surface area contributed by atoms with Crippen molar-refractivity contribution in [2.45, 2.75) is 13.3 Å². The van der Waals surface area contributed by atoms with Crippen LogP contribution in [0.2, 0.25) is 0 Å². The van der Waals surface area contributed by atoms with E-state index in [1.165, 1.54) is 0 Å². The van der Waals surface area contributed by atoms with E-state index in [9.17, 15) is 13.0 Å². The first-order valence-electron chi connectivity index (χ1n) is 2.51. The van der Waals surface area contributed by atoms with Gasteiger partial charge in [-0.15, -0.1) is 0 Å². The van der Waals surface area contributed by atoms with E-state index in [1.807, 2.05) is 0 Å². The predicted octanol–water partition coefficient (Wildman–Crippen LogP) is 0.596. The molecule has 4 nitrogen and oxygen atoms in total. The molecule has 0 aromatic carbocycles. The molecule has 0 rings (SSSR count). The van der Waals surface area contributed by atoms with Crippen molar-refractivity contribution in [1.82, 2.24) is 0 Å². The highest BCUT2D eigenvalue weighted by molar-refractivity contribution is 9.00. The van der Waals surface area contributed by atoms with Crippen molar-refractivity contribution < 1.29 is 17.5 Å². The molecular weight excluding hydrogens is 196 g/mol. The van der Waals surface area contributed by atoms with Crippen LogP contribution in [0, 0.1) is 0 Å². The Hall–Kier alpha value is 0.570. The zero-order chi connectivity index (χ0) is 8.20. The van der Waals surface area contributed by atoms with Crippen molar-refractivity contribution in [1.29, 1.82) is 0 Å². The normalized spacial score (nSPS) is 15.1. The Kier molecular flexibility index (Phi) is 4.70. The second kappa shape index (κ2) is 4.45. The summed E-state index contributed by atoms with van der Waals surface area (Å²) in [5, 5.41) is 0. The molecule has 0 aliphatic rings. The van der Waals surface area contributed by atoms with Gasteiger partial charge in [0.15, 0.2) is 9.24 Å². The Morgan fingerprint density at radius 1 is 1.70 bits per heavy atom.